The lowest BCUT2D eigenvalue weighted by Gasteiger charge is -2.35. The molecule has 2 atom stereocenters. The maximum absolute atomic E-state index is 3.68. The lowest BCUT2D eigenvalue weighted by Crippen LogP contribution is -2.44. The van der Waals surface area contributed by atoms with E-state index in [1.54, 1.807) is 0 Å². The van der Waals surface area contributed by atoms with Crippen molar-refractivity contribution in [1.82, 2.24) is 10.2 Å². The van der Waals surface area contributed by atoms with Gasteiger partial charge in [0.1, 0.15) is 0 Å². The molecule has 2 heteroatoms. The lowest BCUT2D eigenvalue weighted by molar-refractivity contribution is 0.144. The maximum Gasteiger partial charge on any atom is 0.0108 e. The first kappa shape index (κ1) is 9.17. The summed E-state index contributed by atoms with van der Waals surface area (Å²) in [6.45, 7) is 4.04. The molecule has 2 heterocycles. The predicted molar refractivity (Wildman–Crippen MR) is 58.3 cm³/mol. The summed E-state index contributed by atoms with van der Waals surface area (Å²) in [4.78, 5) is 2.76. The molecule has 2 saturated heterocycles. The molecule has 0 aromatic heterocycles. The van der Waals surface area contributed by atoms with Gasteiger partial charge >= 0.3 is 0 Å². The topological polar surface area (TPSA) is 15.3 Å². The van der Waals surface area contributed by atoms with E-state index in [4.69, 9.17) is 0 Å². The fraction of sp³-hybridized carbons (Fsp3) is 1.00. The zero-order valence-electron chi connectivity index (χ0n) is 9.04. The Kier molecular flexibility index (Phi) is 2.50. The molecular weight excluding hydrogens is 172 g/mol. The molecule has 80 valence electrons. The number of hydrogen-bond donors (Lipinski definition) is 1. The van der Waals surface area contributed by atoms with Crippen LogP contribution in [0.1, 0.15) is 38.5 Å². The zero-order chi connectivity index (χ0) is 9.38. The van der Waals surface area contributed by atoms with Crippen LogP contribution in [0.2, 0.25) is 0 Å². The van der Waals surface area contributed by atoms with E-state index in [0.29, 0.717) is 0 Å². The molecule has 2 unspecified atom stereocenters. The van der Waals surface area contributed by atoms with Crippen LogP contribution in [0.5, 0.6) is 0 Å². The average Bonchev–Trinajstić information content (AvgIpc) is 2.94. The Labute approximate surface area is 87.0 Å². The van der Waals surface area contributed by atoms with Gasteiger partial charge in [0.15, 0.2) is 0 Å². The highest BCUT2D eigenvalue weighted by Gasteiger charge is 2.35. The second-order valence-corrected chi connectivity index (χ2v) is 5.33. The summed E-state index contributed by atoms with van der Waals surface area (Å²) in [5.41, 5.74) is 0. The Hall–Kier alpha value is -0.0800. The third-order valence-electron chi connectivity index (χ3n) is 4.22. The van der Waals surface area contributed by atoms with E-state index in [-0.39, 0.29) is 0 Å². The number of likely N-dealkylation sites (tertiary alicyclic amines) is 1. The van der Waals surface area contributed by atoms with E-state index < -0.39 is 0 Å². The Bertz CT molecular complexity index is 194. The van der Waals surface area contributed by atoms with Gasteiger partial charge in [-0.1, -0.05) is 0 Å². The van der Waals surface area contributed by atoms with Crippen molar-refractivity contribution in [2.45, 2.75) is 50.6 Å². The molecule has 2 nitrogen and oxygen atoms in total. The molecule has 3 rings (SSSR count). The highest BCUT2D eigenvalue weighted by atomic mass is 15.2. The molecule has 3 aliphatic rings. The van der Waals surface area contributed by atoms with Gasteiger partial charge in [0, 0.05) is 18.6 Å². The second kappa shape index (κ2) is 3.82. The van der Waals surface area contributed by atoms with E-state index in [9.17, 15) is 0 Å². The SMILES string of the molecule is C1CNC(C2CCCN(C3CC3)C2)C1. The predicted octanol–water partition coefficient (Wildman–Crippen LogP) is 1.61. The molecule has 14 heavy (non-hydrogen) atoms. The molecule has 0 radical (unpaired) electrons. The summed E-state index contributed by atoms with van der Waals surface area (Å²) in [7, 11) is 0. The van der Waals surface area contributed by atoms with Gasteiger partial charge in [-0.3, -0.25) is 0 Å². The Morgan fingerprint density at radius 2 is 1.93 bits per heavy atom. The number of rotatable bonds is 2. The summed E-state index contributed by atoms with van der Waals surface area (Å²) in [6, 6.07) is 1.84. The van der Waals surface area contributed by atoms with E-state index in [1.165, 1.54) is 58.2 Å². The van der Waals surface area contributed by atoms with Crippen LogP contribution in [-0.4, -0.2) is 36.6 Å². The van der Waals surface area contributed by atoms with Crippen molar-refractivity contribution in [1.29, 1.82) is 0 Å². The van der Waals surface area contributed by atoms with Crippen LogP contribution in [0.4, 0.5) is 0 Å². The summed E-state index contributed by atoms with van der Waals surface area (Å²) in [5.74, 6) is 0.965. The normalized spacial score (nSPS) is 40.3. The number of piperidine rings is 1. The van der Waals surface area contributed by atoms with Gasteiger partial charge in [0.25, 0.3) is 0 Å². The van der Waals surface area contributed by atoms with Gasteiger partial charge in [0.05, 0.1) is 0 Å². The van der Waals surface area contributed by atoms with Crippen molar-refractivity contribution in [3.05, 3.63) is 0 Å². The van der Waals surface area contributed by atoms with Crippen molar-refractivity contribution < 1.29 is 0 Å². The van der Waals surface area contributed by atoms with Crippen LogP contribution in [0.15, 0.2) is 0 Å². The van der Waals surface area contributed by atoms with Crippen molar-refractivity contribution in [3.63, 3.8) is 0 Å². The molecule has 0 aromatic carbocycles. The molecule has 0 aromatic rings. The van der Waals surface area contributed by atoms with Crippen LogP contribution in [0.25, 0.3) is 0 Å². The third kappa shape index (κ3) is 1.82. The fourth-order valence-electron chi connectivity index (χ4n) is 3.25. The summed E-state index contributed by atoms with van der Waals surface area (Å²) >= 11 is 0. The molecule has 1 saturated carbocycles. The quantitative estimate of drug-likeness (QED) is 0.718. The van der Waals surface area contributed by atoms with Crippen LogP contribution >= 0.6 is 0 Å². The standard InChI is InChI=1S/C12H22N2/c1-4-12(13-7-1)10-3-2-8-14(9-10)11-5-6-11/h10-13H,1-9H2. The Morgan fingerprint density at radius 1 is 1.00 bits per heavy atom. The van der Waals surface area contributed by atoms with Crippen molar-refractivity contribution in [2.75, 3.05) is 19.6 Å². The molecule has 3 fully saturated rings. The zero-order valence-corrected chi connectivity index (χ0v) is 9.04. The largest absolute Gasteiger partial charge is 0.314 e. The van der Waals surface area contributed by atoms with Gasteiger partial charge in [0.2, 0.25) is 0 Å². The average molecular weight is 194 g/mol. The van der Waals surface area contributed by atoms with Gasteiger partial charge in [-0.05, 0) is 57.5 Å². The van der Waals surface area contributed by atoms with Crippen LogP contribution in [0, 0.1) is 5.92 Å². The molecular formula is C12H22N2. The summed E-state index contributed by atoms with van der Waals surface area (Å²) in [5, 5.41) is 3.68. The highest BCUT2D eigenvalue weighted by molar-refractivity contribution is 4.92. The first-order valence-corrected chi connectivity index (χ1v) is 6.41. The minimum atomic E-state index is 0.858. The number of hydrogen-bond acceptors (Lipinski definition) is 2. The minimum Gasteiger partial charge on any atom is -0.314 e. The number of nitrogens with one attached hydrogen (secondary N) is 1. The van der Waals surface area contributed by atoms with Crippen LogP contribution in [0.3, 0.4) is 0 Å². The van der Waals surface area contributed by atoms with E-state index in [1.807, 2.05) is 0 Å². The molecule has 0 bridgehead atoms. The molecule has 1 N–H and O–H groups in total. The minimum absolute atomic E-state index is 0.858. The van der Waals surface area contributed by atoms with Gasteiger partial charge in [-0.25, -0.2) is 0 Å². The number of nitrogens with zero attached hydrogens (tertiary/aromatic N) is 1. The highest BCUT2D eigenvalue weighted by Crippen LogP contribution is 2.33. The smallest absolute Gasteiger partial charge is 0.0108 e. The van der Waals surface area contributed by atoms with Gasteiger partial charge in [-0.2, -0.15) is 0 Å². The summed E-state index contributed by atoms with van der Waals surface area (Å²) in [6.07, 6.45) is 8.71. The van der Waals surface area contributed by atoms with Crippen molar-refractivity contribution in [2.24, 2.45) is 5.92 Å². The van der Waals surface area contributed by atoms with Crippen LogP contribution < -0.4 is 5.32 Å². The summed E-state index contributed by atoms with van der Waals surface area (Å²) < 4.78 is 0. The van der Waals surface area contributed by atoms with Gasteiger partial charge < -0.3 is 10.2 Å². The molecule has 2 aliphatic heterocycles. The van der Waals surface area contributed by atoms with Gasteiger partial charge in [-0.15, -0.1) is 0 Å². The third-order valence-corrected chi connectivity index (χ3v) is 4.22. The lowest BCUT2D eigenvalue weighted by atomic mass is 9.90. The Balaban J connectivity index is 1.57. The van der Waals surface area contributed by atoms with E-state index in [2.05, 4.69) is 10.2 Å². The van der Waals surface area contributed by atoms with Crippen LogP contribution in [-0.2, 0) is 0 Å². The monoisotopic (exact) mass is 194 g/mol. The second-order valence-electron chi connectivity index (χ2n) is 5.33. The van der Waals surface area contributed by atoms with Crippen molar-refractivity contribution in [3.8, 4) is 0 Å². The maximum atomic E-state index is 3.68. The first-order valence-electron chi connectivity index (χ1n) is 6.41. The fourth-order valence-corrected chi connectivity index (χ4v) is 3.25. The molecule has 0 spiro atoms. The Morgan fingerprint density at radius 3 is 2.64 bits per heavy atom. The van der Waals surface area contributed by atoms with E-state index >= 15 is 0 Å². The molecule has 0 amide bonds. The molecule has 1 aliphatic carbocycles. The first-order chi connectivity index (χ1) is 6.93. The van der Waals surface area contributed by atoms with Crippen molar-refractivity contribution >= 4 is 0 Å². The van der Waals surface area contributed by atoms with E-state index in [0.717, 1.165) is 18.0 Å².